The van der Waals surface area contributed by atoms with Gasteiger partial charge in [-0.25, -0.2) is 0 Å². The highest BCUT2D eigenvalue weighted by molar-refractivity contribution is 5.92. The van der Waals surface area contributed by atoms with Gasteiger partial charge >= 0.3 is 0 Å². The minimum atomic E-state index is -0.0996. The van der Waals surface area contributed by atoms with Crippen LogP contribution in [0, 0.1) is 5.92 Å². The summed E-state index contributed by atoms with van der Waals surface area (Å²) in [5.74, 6) is -0.0826. The molecule has 4 nitrogen and oxygen atoms in total. The standard InChI is InChI=1S/C17H29N3O/c1-5-7-14(12-18)17(21)19-15-8-10-16(11-9-15)20(6-2)13(3)4/h8-11,13-14H,5-7,12,18H2,1-4H3,(H,19,21). The van der Waals surface area contributed by atoms with E-state index in [2.05, 4.69) is 50.0 Å². The molecule has 0 aliphatic rings. The van der Waals surface area contributed by atoms with E-state index in [1.54, 1.807) is 0 Å². The quantitative estimate of drug-likeness (QED) is 0.773. The van der Waals surface area contributed by atoms with E-state index in [9.17, 15) is 4.79 Å². The summed E-state index contributed by atoms with van der Waals surface area (Å²) in [4.78, 5) is 14.4. The predicted molar refractivity (Wildman–Crippen MR) is 90.7 cm³/mol. The summed E-state index contributed by atoms with van der Waals surface area (Å²) in [5, 5.41) is 2.95. The van der Waals surface area contributed by atoms with Crippen LogP contribution in [0.3, 0.4) is 0 Å². The molecule has 1 unspecified atom stereocenters. The summed E-state index contributed by atoms with van der Waals surface area (Å²) < 4.78 is 0. The third-order valence-electron chi connectivity index (χ3n) is 3.72. The van der Waals surface area contributed by atoms with E-state index in [4.69, 9.17) is 5.73 Å². The number of hydrogen-bond donors (Lipinski definition) is 2. The van der Waals surface area contributed by atoms with Gasteiger partial charge in [0.05, 0.1) is 5.92 Å². The summed E-state index contributed by atoms with van der Waals surface area (Å²) in [6, 6.07) is 8.48. The molecule has 3 N–H and O–H groups in total. The maximum absolute atomic E-state index is 12.1. The molecule has 1 amide bonds. The molecule has 1 atom stereocenters. The average molecular weight is 291 g/mol. The first kappa shape index (κ1) is 17.5. The van der Waals surface area contributed by atoms with Gasteiger partial charge in [0.25, 0.3) is 0 Å². The van der Waals surface area contributed by atoms with E-state index in [0.717, 1.165) is 25.1 Å². The van der Waals surface area contributed by atoms with Crippen molar-refractivity contribution in [3.05, 3.63) is 24.3 Å². The van der Waals surface area contributed by atoms with Crippen LogP contribution in [0.25, 0.3) is 0 Å². The monoisotopic (exact) mass is 291 g/mol. The molecule has 0 spiro atoms. The van der Waals surface area contributed by atoms with Gasteiger partial charge in [0.2, 0.25) is 5.91 Å². The van der Waals surface area contributed by atoms with Crippen LogP contribution in [0.1, 0.15) is 40.5 Å². The van der Waals surface area contributed by atoms with Crippen molar-refractivity contribution < 1.29 is 4.79 Å². The third-order valence-corrected chi connectivity index (χ3v) is 3.72. The molecule has 1 aromatic rings. The minimum Gasteiger partial charge on any atom is -0.369 e. The zero-order chi connectivity index (χ0) is 15.8. The van der Waals surface area contributed by atoms with Crippen molar-refractivity contribution in [2.24, 2.45) is 11.7 Å². The molecule has 118 valence electrons. The normalized spacial score (nSPS) is 12.3. The van der Waals surface area contributed by atoms with Crippen LogP contribution in [0.5, 0.6) is 0 Å². The van der Waals surface area contributed by atoms with Gasteiger partial charge < -0.3 is 16.0 Å². The minimum absolute atomic E-state index is 0.0170. The van der Waals surface area contributed by atoms with Gasteiger partial charge in [0, 0.05) is 30.5 Å². The number of hydrogen-bond acceptors (Lipinski definition) is 3. The Balaban J connectivity index is 2.72. The molecule has 4 heteroatoms. The molecule has 0 bridgehead atoms. The zero-order valence-corrected chi connectivity index (χ0v) is 13.7. The molecule has 0 saturated heterocycles. The molecule has 21 heavy (non-hydrogen) atoms. The van der Waals surface area contributed by atoms with Crippen LogP contribution >= 0.6 is 0 Å². The Labute approximate surface area is 128 Å². The Morgan fingerprint density at radius 3 is 2.29 bits per heavy atom. The highest BCUT2D eigenvalue weighted by atomic mass is 16.1. The molecule has 0 aliphatic heterocycles. The molecule has 1 aromatic carbocycles. The number of amides is 1. The van der Waals surface area contributed by atoms with Gasteiger partial charge in [0.1, 0.15) is 0 Å². The van der Waals surface area contributed by atoms with Crippen LogP contribution in [0.15, 0.2) is 24.3 Å². The van der Waals surface area contributed by atoms with Gasteiger partial charge in [-0.15, -0.1) is 0 Å². The summed E-state index contributed by atoms with van der Waals surface area (Å²) in [6.45, 7) is 9.93. The van der Waals surface area contributed by atoms with Crippen molar-refractivity contribution in [1.29, 1.82) is 0 Å². The number of nitrogens with zero attached hydrogens (tertiary/aromatic N) is 1. The molecule has 1 rings (SSSR count). The second kappa shape index (κ2) is 8.67. The number of anilines is 2. The second-order valence-electron chi connectivity index (χ2n) is 5.64. The van der Waals surface area contributed by atoms with Crippen molar-refractivity contribution in [3.8, 4) is 0 Å². The molecule has 0 aliphatic carbocycles. The van der Waals surface area contributed by atoms with Gasteiger partial charge in [-0.2, -0.15) is 0 Å². The molecule has 0 fully saturated rings. The molecule has 0 saturated carbocycles. The lowest BCUT2D eigenvalue weighted by molar-refractivity contribution is -0.119. The Hall–Kier alpha value is -1.55. The summed E-state index contributed by atoms with van der Waals surface area (Å²) in [6.07, 6.45) is 1.80. The van der Waals surface area contributed by atoms with Crippen LogP contribution in [-0.4, -0.2) is 25.0 Å². The maximum Gasteiger partial charge on any atom is 0.228 e. The Bertz CT molecular complexity index is 428. The van der Waals surface area contributed by atoms with Crippen molar-refractivity contribution in [2.45, 2.75) is 46.6 Å². The Morgan fingerprint density at radius 2 is 1.86 bits per heavy atom. The molecular formula is C17H29N3O. The topological polar surface area (TPSA) is 58.4 Å². The van der Waals surface area contributed by atoms with Gasteiger partial charge in [0.15, 0.2) is 0 Å². The van der Waals surface area contributed by atoms with E-state index in [1.165, 1.54) is 5.69 Å². The fourth-order valence-electron chi connectivity index (χ4n) is 2.53. The lowest BCUT2D eigenvalue weighted by Gasteiger charge is -2.27. The van der Waals surface area contributed by atoms with Crippen molar-refractivity contribution >= 4 is 17.3 Å². The number of benzene rings is 1. The second-order valence-corrected chi connectivity index (χ2v) is 5.64. The molecule has 0 heterocycles. The predicted octanol–water partition coefficient (Wildman–Crippen LogP) is 3.23. The molecular weight excluding hydrogens is 262 g/mol. The fraction of sp³-hybridized carbons (Fsp3) is 0.588. The molecule has 0 radical (unpaired) electrons. The van der Waals surface area contributed by atoms with Gasteiger partial charge in [-0.1, -0.05) is 13.3 Å². The van der Waals surface area contributed by atoms with Crippen molar-refractivity contribution in [1.82, 2.24) is 0 Å². The van der Waals surface area contributed by atoms with E-state index >= 15 is 0 Å². The van der Waals surface area contributed by atoms with Crippen molar-refractivity contribution in [2.75, 3.05) is 23.3 Å². The van der Waals surface area contributed by atoms with Crippen molar-refractivity contribution in [3.63, 3.8) is 0 Å². The van der Waals surface area contributed by atoms with Gasteiger partial charge in [-0.3, -0.25) is 4.79 Å². The Morgan fingerprint density at radius 1 is 1.24 bits per heavy atom. The number of carbonyl (C=O) groups is 1. The number of rotatable bonds is 8. The fourth-order valence-corrected chi connectivity index (χ4v) is 2.53. The first-order valence-corrected chi connectivity index (χ1v) is 7.91. The first-order chi connectivity index (χ1) is 10.0. The zero-order valence-electron chi connectivity index (χ0n) is 13.7. The smallest absolute Gasteiger partial charge is 0.228 e. The highest BCUT2D eigenvalue weighted by Gasteiger charge is 2.16. The van der Waals surface area contributed by atoms with E-state index in [1.807, 2.05) is 12.1 Å². The van der Waals surface area contributed by atoms with Crippen LogP contribution in [-0.2, 0) is 4.79 Å². The summed E-state index contributed by atoms with van der Waals surface area (Å²) in [5.41, 5.74) is 7.67. The lowest BCUT2D eigenvalue weighted by atomic mass is 10.0. The average Bonchev–Trinajstić information content (AvgIpc) is 2.46. The van der Waals surface area contributed by atoms with Crippen LogP contribution in [0.2, 0.25) is 0 Å². The number of nitrogens with one attached hydrogen (secondary N) is 1. The van der Waals surface area contributed by atoms with Gasteiger partial charge in [-0.05, 0) is 51.5 Å². The Kier molecular flexibility index (Phi) is 7.23. The maximum atomic E-state index is 12.1. The van der Waals surface area contributed by atoms with E-state index in [-0.39, 0.29) is 11.8 Å². The third kappa shape index (κ3) is 5.05. The first-order valence-electron chi connectivity index (χ1n) is 7.91. The summed E-state index contributed by atoms with van der Waals surface area (Å²) in [7, 11) is 0. The largest absolute Gasteiger partial charge is 0.369 e. The SMILES string of the molecule is CCCC(CN)C(=O)Nc1ccc(N(CC)C(C)C)cc1. The highest BCUT2D eigenvalue weighted by Crippen LogP contribution is 2.20. The lowest BCUT2D eigenvalue weighted by Crippen LogP contribution is -2.30. The molecule has 0 aromatic heterocycles. The summed E-state index contributed by atoms with van der Waals surface area (Å²) >= 11 is 0. The van der Waals surface area contributed by atoms with E-state index < -0.39 is 0 Å². The number of carbonyl (C=O) groups excluding carboxylic acids is 1. The number of nitrogens with two attached hydrogens (primary N) is 1. The van der Waals surface area contributed by atoms with Crippen LogP contribution in [0.4, 0.5) is 11.4 Å². The van der Waals surface area contributed by atoms with E-state index in [0.29, 0.717) is 12.6 Å². The van der Waals surface area contributed by atoms with Crippen LogP contribution < -0.4 is 16.0 Å².